The van der Waals surface area contributed by atoms with Gasteiger partial charge in [0.1, 0.15) is 5.60 Å². The lowest BCUT2D eigenvalue weighted by atomic mass is 10.1. The lowest BCUT2D eigenvalue weighted by molar-refractivity contribution is -0.126. The van der Waals surface area contributed by atoms with E-state index in [1.54, 1.807) is 20.8 Å². The molecule has 2 atom stereocenters. The summed E-state index contributed by atoms with van der Waals surface area (Å²) in [7, 11) is 0. The van der Waals surface area contributed by atoms with E-state index in [1.165, 1.54) is 0 Å². The standard InChI is InChI=1S/C17H33N3O4/c1-12(2)9-18-15(22)14-7-6-8-20(14)11-13(21)10-19-16(23)24-17(3,4)5/h12-14,21H,6-11H2,1-5H3,(H,18,22)(H,19,23)/t13?,14-/m0/s1. The Morgan fingerprint density at radius 2 is 1.92 bits per heavy atom. The molecule has 0 saturated carbocycles. The third-order valence-electron chi connectivity index (χ3n) is 3.68. The lowest BCUT2D eigenvalue weighted by Gasteiger charge is -2.26. The highest BCUT2D eigenvalue weighted by Gasteiger charge is 2.31. The topological polar surface area (TPSA) is 90.9 Å². The molecule has 1 saturated heterocycles. The molecule has 3 N–H and O–H groups in total. The zero-order valence-electron chi connectivity index (χ0n) is 15.6. The second kappa shape index (κ2) is 9.22. The van der Waals surface area contributed by atoms with Crippen LogP contribution >= 0.6 is 0 Å². The number of rotatable bonds is 7. The summed E-state index contributed by atoms with van der Waals surface area (Å²) >= 11 is 0. The monoisotopic (exact) mass is 343 g/mol. The van der Waals surface area contributed by atoms with E-state index in [2.05, 4.69) is 24.5 Å². The van der Waals surface area contributed by atoms with Crippen LogP contribution in [0.1, 0.15) is 47.5 Å². The molecule has 140 valence electrons. The number of nitrogens with zero attached hydrogens (tertiary/aromatic N) is 1. The van der Waals surface area contributed by atoms with E-state index >= 15 is 0 Å². The van der Waals surface area contributed by atoms with Crippen LogP contribution in [0.4, 0.5) is 4.79 Å². The first-order chi connectivity index (χ1) is 11.1. The van der Waals surface area contributed by atoms with Gasteiger partial charge in [-0.05, 0) is 46.1 Å². The van der Waals surface area contributed by atoms with Crippen molar-refractivity contribution >= 4 is 12.0 Å². The Balaban J connectivity index is 2.38. The Morgan fingerprint density at radius 3 is 2.50 bits per heavy atom. The molecule has 1 aliphatic rings. The molecule has 2 amide bonds. The molecule has 24 heavy (non-hydrogen) atoms. The van der Waals surface area contributed by atoms with Crippen LogP contribution in [0.2, 0.25) is 0 Å². The predicted molar refractivity (Wildman–Crippen MR) is 92.7 cm³/mol. The number of aliphatic hydroxyl groups is 1. The van der Waals surface area contributed by atoms with Gasteiger partial charge >= 0.3 is 6.09 Å². The number of alkyl carbamates (subject to hydrolysis) is 1. The minimum Gasteiger partial charge on any atom is -0.444 e. The van der Waals surface area contributed by atoms with Crippen LogP contribution in [-0.2, 0) is 9.53 Å². The zero-order valence-corrected chi connectivity index (χ0v) is 15.6. The van der Waals surface area contributed by atoms with Crippen LogP contribution in [-0.4, -0.2) is 65.9 Å². The molecule has 1 unspecified atom stereocenters. The molecule has 7 nitrogen and oxygen atoms in total. The van der Waals surface area contributed by atoms with Crippen molar-refractivity contribution in [3.8, 4) is 0 Å². The van der Waals surface area contributed by atoms with Crippen LogP contribution in [0.3, 0.4) is 0 Å². The molecule has 0 aliphatic carbocycles. The Bertz CT molecular complexity index is 421. The smallest absolute Gasteiger partial charge is 0.407 e. The van der Waals surface area contributed by atoms with Gasteiger partial charge in [-0.1, -0.05) is 13.8 Å². The summed E-state index contributed by atoms with van der Waals surface area (Å²) in [6, 6.07) is -0.195. The number of carbonyl (C=O) groups excluding carboxylic acids is 2. The normalized spacial score (nSPS) is 20.0. The van der Waals surface area contributed by atoms with Crippen molar-refractivity contribution in [2.75, 3.05) is 26.2 Å². The second-order valence-corrected chi connectivity index (χ2v) is 7.83. The van der Waals surface area contributed by atoms with Gasteiger partial charge in [-0.3, -0.25) is 9.69 Å². The molecule has 1 rings (SSSR count). The molecular formula is C17H33N3O4. The second-order valence-electron chi connectivity index (χ2n) is 7.83. The fraction of sp³-hybridized carbons (Fsp3) is 0.882. The van der Waals surface area contributed by atoms with E-state index in [1.807, 2.05) is 4.90 Å². The molecule has 0 spiro atoms. The first kappa shape index (κ1) is 20.7. The SMILES string of the molecule is CC(C)CNC(=O)[C@@H]1CCCN1CC(O)CNC(=O)OC(C)(C)C. The van der Waals surface area contributed by atoms with E-state index in [0.717, 1.165) is 19.4 Å². The van der Waals surface area contributed by atoms with Gasteiger partial charge in [0, 0.05) is 19.6 Å². The Morgan fingerprint density at radius 1 is 1.25 bits per heavy atom. The molecule has 0 radical (unpaired) electrons. The largest absolute Gasteiger partial charge is 0.444 e. The van der Waals surface area contributed by atoms with Crippen LogP contribution in [0.15, 0.2) is 0 Å². The van der Waals surface area contributed by atoms with E-state index in [-0.39, 0.29) is 18.5 Å². The van der Waals surface area contributed by atoms with Crippen LogP contribution in [0.5, 0.6) is 0 Å². The molecule has 1 aliphatic heterocycles. The highest BCUT2D eigenvalue weighted by Crippen LogP contribution is 2.17. The number of carbonyl (C=O) groups is 2. The van der Waals surface area contributed by atoms with Crippen LogP contribution in [0.25, 0.3) is 0 Å². The Kier molecular flexibility index (Phi) is 7.96. The number of hydrogen-bond acceptors (Lipinski definition) is 5. The minimum absolute atomic E-state index is 0.0218. The van der Waals surface area contributed by atoms with Gasteiger partial charge in [0.05, 0.1) is 12.1 Å². The third kappa shape index (κ3) is 7.97. The number of hydrogen-bond donors (Lipinski definition) is 3. The Labute approximate surface area is 145 Å². The van der Waals surface area contributed by atoms with Crippen molar-refractivity contribution in [1.82, 2.24) is 15.5 Å². The number of aliphatic hydroxyl groups excluding tert-OH is 1. The van der Waals surface area contributed by atoms with Gasteiger partial charge in [0.25, 0.3) is 0 Å². The highest BCUT2D eigenvalue weighted by atomic mass is 16.6. The van der Waals surface area contributed by atoms with Gasteiger partial charge in [-0.15, -0.1) is 0 Å². The molecule has 1 fully saturated rings. The van der Waals surface area contributed by atoms with Crippen molar-refractivity contribution in [3.63, 3.8) is 0 Å². The van der Waals surface area contributed by atoms with Crippen molar-refractivity contribution in [2.24, 2.45) is 5.92 Å². The first-order valence-corrected chi connectivity index (χ1v) is 8.75. The molecular weight excluding hydrogens is 310 g/mol. The predicted octanol–water partition coefficient (Wildman–Crippen LogP) is 1.11. The van der Waals surface area contributed by atoms with Crippen molar-refractivity contribution < 1.29 is 19.4 Å². The summed E-state index contributed by atoms with van der Waals surface area (Å²) in [5.41, 5.74) is -0.566. The number of amides is 2. The number of β-amino-alcohol motifs (C(OH)–C–C–N with tert-alkyl or cyclic N) is 1. The molecule has 0 aromatic rings. The zero-order chi connectivity index (χ0) is 18.3. The summed E-state index contributed by atoms with van der Waals surface area (Å²) in [6.07, 6.45) is 0.451. The van der Waals surface area contributed by atoms with Gasteiger partial charge in [0.2, 0.25) is 5.91 Å². The van der Waals surface area contributed by atoms with Crippen molar-refractivity contribution in [3.05, 3.63) is 0 Å². The van der Waals surface area contributed by atoms with E-state index in [0.29, 0.717) is 19.0 Å². The molecule has 0 bridgehead atoms. The molecule has 0 aromatic heterocycles. The van der Waals surface area contributed by atoms with Crippen molar-refractivity contribution in [2.45, 2.75) is 65.2 Å². The quantitative estimate of drug-likeness (QED) is 0.644. The fourth-order valence-corrected chi connectivity index (χ4v) is 2.61. The number of ether oxygens (including phenoxy) is 1. The average Bonchev–Trinajstić information content (AvgIpc) is 2.88. The van der Waals surface area contributed by atoms with E-state index in [4.69, 9.17) is 4.74 Å². The summed E-state index contributed by atoms with van der Waals surface area (Å²) < 4.78 is 5.13. The highest BCUT2D eigenvalue weighted by molar-refractivity contribution is 5.82. The number of nitrogens with one attached hydrogen (secondary N) is 2. The van der Waals surface area contributed by atoms with Crippen LogP contribution in [0, 0.1) is 5.92 Å². The maximum absolute atomic E-state index is 12.2. The van der Waals surface area contributed by atoms with E-state index < -0.39 is 17.8 Å². The summed E-state index contributed by atoms with van der Waals surface area (Å²) in [6.45, 7) is 11.4. The average molecular weight is 343 g/mol. The maximum Gasteiger partial charge on any atom is 0.407 e. The summed E-state index contributed by atoms with van der Waals surface area (Å²) in [4.78, 5) is 25.8. The maximum atomic E-state index is 12.2. The Hall–Kier alpha value is -1.34. The third-order valence-corrected chi connectivity index (χ3v) is 3.68. The molecule has 1 heterocycles. The summed E-state index contributed by atoms with van der Waals surface area (Å²) in [5.74, 6) is 0.431. The molecule has 0 aromatic carbocycles. The summed E-state index contributed by atoms with van der Waals surface area (Å²) in [5, 5.41) is 15.6. The van der Waals surface area contributed by atoms with Gasteiger partial charge in [0.15, 0.2) is 0 Å². The number of likely N-dealkylation sites (tertiary alicyclic amines) is 1. The van der Waals surface area contributed by atoms with Gasteiger partial charge in [-0.2, -0.15) is 0 Å². The lowest BCUT2D eigenvalue weighted by Crippen LogP contribution is -2.48. The minimum atomic E-state index is -0.740. The van der Waals surface area contributed by atoms with Gasteiger partial charge in [-0.25, -0.2) is 4.79 Å². The molecule has 7 heteroatoms. The van der Waals surface area contributed by atoms with E-state index in [9.17, 15) is 14.7 Å². The van der Waals surface area contributed by atoms with Gasteiger partial charge < -0.3 is 20.5 Å². The van der Waals surface area contributed by atoms with Crippen molar-refractivity contribution in [1.29, 1.82) is 0 Å². The first-order valence-electron chi connectivity index (χ1n) is 8.75. The fourth-order valence-electron chi connectivity index (χ4n) is 2.61. The van der Waals surface area contributed by atoms with Crippen LogP contribution < -0.4 is 10.6 Å².